The van der Waals surface area contributed by atoms with Gasteiger partial charge in [-0.2, -0.15) is 0 Å². The molecule has 2 rings (SSSR count). The van der Waals surface area contributed by atoms with Crippen LogP contribution in [0.1, 0.15) is 46.0 Å². The highest BCUT2D eigenvalue weighted by molar-refractivity contribution is 5.76. The molecule has 8 nitrogen and oxygen atoms in total. The summed E-state index contributed by atoms with van der Waals surface area (Å²) in [7, 11) is 0. The van der Waals surface area contributed by atoms with Gasteiger partial charge >= 0.3 is 5.69 Å². The Balaban J connectivity index is 2.50. The molecule has 1 amide bonds. The summed E-state index contributed by atoms with van der Waals surface area (Å²) in [6.07, 6.45) is 4.61. The van der Waals surface area contributed by atoms with E-state index in [4.69, 9.17) is 5.73 Å². The molecule has 0 radical (unpaired) electrons. The molecule has 1 aromatic heterocycles. The van der Waals surface area contributed by atoms with Crippen molar-refractivity contribution < 1.29 is 4.79 Å². The minimum Gasteiger partial charge on any atom is -0.383 e. The van der Waals surface area contributed by atoms with Gasteiger partial charge in [0, 0.05) is 26.2 Å². The van der Waals surface area contributed by atoms with Crippen LogP contribution in [0.15, 0.2) is 9.59 Å². The molecule has 0 spiro atoms. The number of nitrogen functional groups attached to an aromatic ring is 1. The molecule has 0 unspecified atom stereocenters. The molecule has 1 fully saturated rings. The number of rotatable bonds is 7. The number of anilines is 2. The Morgan fingerprint density at radius 3 is 2.36 bits per heavy atom. The first-order chi connectivity index (χ1) is 12.0. The third-order valence-electron chi connectivity index (χ3n) is 4.44. The zero-order chi connectivity index (χ0) is 18.4. The number of carbonyl (C=O) groups excluding carboxylic acids is 1. The average molecular weight is 351 g/mol. The van der Waals surface area contributed by atoms with Crippen molar-refractivity contribution >= 4 is 17.4 Å². The van der Waals surface area contributed by atoms with E-state index in [-0.39, 0.29) is 18.3 Å². The molecule has 0 aliphatic carbocycles. The fourth-order valence-electron chi connectivity index (χ4n) is 3.16. The normalized spacial score (nSPS) is 14.6. The highest BCUT2D eigenvalue weighted by atomic mass is 16.2. The summed E-state index contributed by atoms with van der Waals surface area (Å²) in [4.78, 5) is 39.6. The van der Waals surface area contributed by atoms with Gasteiger partial charge < -0.3 is 16.0 Å². The van der Waals surface area contributed by atoms with Crippen LogP contribution in [0, 0.1) is 0 Å². The molecule has 3 N–H and O–H groups in total. The molecule has 25 heavy (non-hydrogen) atoms. The van der Waals surface area contributed by atoms with Gasteiger partial charge in [-0.05, 0) is 32.1 Å². The van der Waals surface area contributed by atoms with Gasteiger partial charge in [-0.15, -0.1) is 0 Å². The lowest BCUT2D eigenvalue weighted by Gasteiger charge is -2.30. The van der Waals surface area contributed by atoms with Crippen molar-refractivity contribution in [3.05, 3.63) is 20.8 Å². The third-order valence-corrected chi connectivity index (χ3v) is 4.44. The van der Waals surface area contributed by atoms with Crippen LogP contribution in [0.3, 0.4) is 0 Å². The molecule has 0 bridgehead atoms. The van der Waals surface area contributed by atoms with Gasteiger partial charge in [-0.25, -0.2) is 9.36 Å². The Labute approximate surface area is 147 Å². The molecular weight excluding hydrogens is 322 g/mol. The zero-order valence-corrected chi connectivity index (χ0v) is 15.2. The highest BCUT2D eigenvalue weighted by Crippen LogP contribution is 2.21. The first kappa shape index (κ1) is 19.1. The van der Waals surface area contributed by atoms with Crippen molar-refractivity contribution in [3.8, 4) is 0 Å². The van der Waals surface area contributed by atoms with Crippen LogP contribution >= 0.6 is 0 Å². The van der Waals surface area contributed by atoms with E-state index in [2.05, 4.69) is 5.32 Å². The smallest absolute Gasteiger partial charge is 0.333 e. The van der Waals surface area contributed by atoms with Gasteiger partial charge in [0.15, 0.2) is 0 Å². The lowest BCUT2D eigenvalue weighted by Crippen LogP contribution is -2.48. The largest absolute Gasteiger partial charge is 0.383 e. The number of aromatic nitrogens is 2. The maximum absolute atomic E-state index is 12.9. The van der Waals surface area contributed by atoms with Crippen LogP contribution in [0.5, 0.6) is 0 Å². The molecule has 2 heterocycles. The van der Waals surface area contributed by atoms with Crippen molar-refractivity contribution in [1.29, 1.82) is 0 Å². The maximum atomic E-state index is 12.9. The molecule has 0 saturated carbocycles. The van der Waals surface area contributed by atoms with Crippen molar-refractivity contribution in [2.45, 2.75) is 59.0 Å². The van der Waals surface area contributed by atoms with Crippen LogP contribution in [0.25, 0.3) is 0 Å². The van der Waals surface area contributed by atoms with E-state index >= 15 is 0 Å². The number of carbonyl (C=O) groups is 1. The Bertz CT molecular complexity index is 716. The average Bonchev–Trinajstić information content (AvgIpc) is 2.61. The molecule has 140 valence electrons. The fraction of sp³-hybridized carbons (Fsp3) is 0.706. The van der Waals surface area contributed by atoms with Crippen molar-refractivity contribution in [3.63, 3.8) is 0 Å². The molecule has 1 saturated heterocycles. The van der Waals surface area contributed by atoms with E-state index in [1.807, 2.05) is 18.7 Å². The molecule has 0 aromatic carbocycles. The Kier molecular flexibility index (Phi) is 6.66. The predicted octanol–water partition coefficient (Wildman–Crippen LogP) is 0.519. The standard InChI is InChI=1S/C17H29N5O3/c1-3-8-19-13(23)12-22-16(24)14(20-10-6-5-7-11-20)15(18)21(9-4-2)17(22)25/h3-12,18H2,1-2H3,(H,19,23). The number of nitrogens with two attached hydrogens (primary N) is 1. The van der Waals surface area contributed by atoms with E-state index in [9.17, 15) is 14.4 Å². The Hall–Kier alpha value is -2.25. The summed E-state index contributed by atoms with van der Waals surface area (Å²) in [5, 5.41) is 2.71. The topological polar surface area (TPSA) is 102 Å². The van der Waals surface area contributed by atoms with Crippen LogP contribution in [0.4, 0.5) is 11.5 Å². The Morgan fingerprint density at radius 1 is 1.08 bits per heavy atom. The van der Waals surface area contributed by atoms with E-state index in [1.54, 1.807) is 0 Å². The summed E-state index contributed by atoms with van der Waals surface area (Å²) in [6, 6.07) is 0. The molecule has 1 aliphatic heterocycles. The van der Waals surface area contributed by atoms with Gasteiger partial charge in [0.1, 0.15) is 18.1 Å². The highest BCUT2D eigenvalue weighted by Gasteiger charge is 2.23. The van der Waals surface area contributed by atoms with Crippen LogP contribution in [-0.4, -0.2) is 34.7 Å². The monoisotopic (exact) mass is 351 g/mol. The number of piperidine rings is 1. The first-order valence-corrected chi connectivity index (χ1v) is 9.16. The van der Waals surface area contributed by atoms with Crippen molar-refractivity contribution in [2.75, 3.05) is 30.3 Å². The first-order valence-electron chi connectivity index (χ1n) is 9.16. The second-order valence-electron chi connectivity index (χ2n) is 6.46. The van der Waals surface area contributed by atoms with Crippen molar-refractivity contribution in [1.82, 2.24) is 14.5 Å². The molecular formula is C17H29N5O3. The van der Waals surface area contributed by atoms with Gasteiger partial charge in [-0.3, -0.25) is 14.2 Å². The number of amides is 1. The predicted molar refractivity (Wildman–Crippen MR) is 99.0 cm³/mol. The lowest BCUT2D eigenvalue weighted by atomic mass is 10.1. The SMILES string of the molecule is CCCNC(=O)Cn1c(=O)c(N2CCCCC2)c(N)n(CCC)c1=O. The van der Waals surface area contributed by atoms with E-state index in [0.29, 0.717) is 25.2 Å². The Morgan fingerprint density at radius 2 is 1.76 bits per heavy atom. The summed E-state index contributed by atoms with van der Waals surface area (Å²) < 4.78 is 2.43. The van der Waals surface area contributed by atoms with E-state index < -0.39 is 11.2 Å². The van der Waals surface area contributed by atoms with Gasteiger partial charge in [0.05, 0.1) is 0 Å². The minimum atomic E-state index is -0.517. The van der Waals surface area contributed by atoms with Crippen molar-refractivity contribution in [2.24, 2.45) is 0 Å². The quantitative estimate of drug-likeness (QED) is 0.745. The summed E-state index contributed by atoms with van der Waals surface area (Å²) in [5.74, 6) is -0.123. The second kappa shape index (κ2) is 8.73. The van der Waals surface area contributed by atoms with Crippen LogP contribution in [-0.2, 0) is 17.9 Å². The molecule has 8 heteroatoms. The number of nitrogens with zero attached hydrogens (tertiary/aromatic N) is 3. The zero-order valence-electron chi connectivity index (χ0n) is 15.2. The fourth-order valence-corrected chi connectivity index (χ4v) is 3.16. The maximum Gasteiger partial charge on any atom is 0.333 e. The number of hydrogen-bond donors (Lipinski definition) is 2. The van der Waals surface area contributed by atoms with Crippen LogP contribution < -0.4 is 27.2 Å². The van der Waals surface area contributed by atoms with E-state index in [1.165, 1.54) is 4.57 Å². The van der Waals surface area contributed by atoms with E-state index in [0.717, 1.165) is 43.3 Å². The molecule has 1 aromatic rings. The summed E-state index contributed by atoms with van der Waals surface area (Å²) in [6.45, 7) is 6.03. The summed E-state index contributed by atoms with van der Waals surface area (Å²) in [5.41, 5.74) is 5.56. The molecule has 1 aliphatic rings. The summed E-state index contributed by atoms with van der Waals surface area (Å²) >= 11 is 0. The number of hydrogen-bond acceptors (Lipinski definition) is 5. The molecule has 0 atom stereocenters. The van der Waals surface area contributed by atoms with Crippen LogP contribution in [0.2, 0.25) is 0 Å². The lowest BCUT2D eigenvalue weighted by molar-refractivity contribution is -0.121. The number of nitrogens with one attached hydrogen (secondary N) is 1. The van der Waals surface area contributed by atoms with Gasteiger partial charge in [0.25, 0.3) is 5.56 Å². The third kappa shape index (κ3) is 4.24. The second-order valence-corrected chi connectivity index (χ2v) is 6.46. The minimum absolute atomic E-state index is 0.212. The van der Waals surface area contributed by atoms with Gasteiger partial charge in [-0.1, -0.05) is 13.8 Å². The van der Waals surface area contributed by atoms with Gasteiger partial charge in [0.2, 0.25) is 5.91 Å².